The summed E-state index contributed by atoms with van der Waals surface area (Å²) in [6, 6.07) is 0. The van der Waals surface area contributed by atoms with Crippen LogP contribution < -0.4 is 0 Å². The topological polar surface area (TPSA) is 119 Å². The van der Waals surface area contributed by atoms with Gasteiger partial charge < -0.3 is 32.8 Å². The smallest absolute Gasteiger partial charge is 0.412 e. The molecule has 1 saturated heterocycles. The van der Waals surface area contributed by atoms with E-state index in [0.717, 1.165) is 24.0 Å². The molecule has 0 aromatic heterocycles. The highest BCUT2D eigenvalue weighted by molar-refractivity contribution is 6.77. The van der Waals surface area contributed by atoms with Crippen molar-refractivity contribution < 1.29 is 47.2 Å². The van der Waals surface area contributed by atoms with Crippen LogP contribution in [-0.2, 0) is 42.4 Å². The van der Waals surface area contributed by atoms with Crippen LogP contribution in [0.15, 0.2) is 22.8 Å². The highest BCUT2D eigenvalue weighted by Crippen LogP contribution is 2.61. The number of nitrogens with zero attached hydrogens (tertiary/aromatic N) is 1. The van der Waals surface area contributed by atoms with E-state index in [4.69, 9.17) is 32.8 Å². The van der Waals surface area contributed by atoms with Gasteiger partial charge in [0.15, 0.2) is 14.1 Å². The number of hydrogen-bond acceptors (Lipinski definition) is 10. The summed E-state index contributed by atoms with van der Waals surface area (Å²) in [5, 5.41) is 0. The van der Waals surface area contributed by atoms with E-state index in [1.807, 2.05) is 34.6 Å². The number of ether oxygens (including phenoxy) is 6. The van der Waals surface area contributed by atoms with Crippen LogP contribution in [0.4, 0.5) is 4.79 Å². The molecule has 0 unspecified atom stereocenters. The summed E-state index contributed by atoms with van der Waals surface area (Å²) in [7, 11) is 1.10. The maximum atomic E-state index is 14.8. The number of methoxy groups -OCH3 is 2. The summed E-state index contributed by atoms with van der Waals surface area (Å²) >= 11 is 0. The zero-order chi connectivity index (χ0) is 45.0. The molecule has 8 atom stereocenters. The molecule has 4 rings (SSSR count). The van der Waals surface area contributed by atoms with Gasteiger partial charge in [0.05, 0.1) is 24.9 Å². The lowest BCUT2D eigenvalue weighted by Gasteiger charge is -2.59. The molecule has 2 fully saturated rings. The molecule has 344 valence electrons. The van der Waals surface area contributed by atoms with Gasteiger partial charge in [-0.3, -0.25) is 14.5 Å². The Morgan fingerprint density at radius 1 is 0.950 bits per heavy atom. The Morgan fingerprint density at radius 2 is 1.57 bits per heavy atom. The molecule has 0 aromatic carbocycles. The van der Waals surface area contributed by atoms with E-state index < -0.39 is 31.2 Å². The summed E-state index contributed by atoms with van der Waals surface area (Å²) in [4.78, 5) is 43.3. The summed E-state index contributed by atoms with van der Waals surface area (Å²) in [5.41, 5.74) is 2.64. The summed E-state index contributed by atoms with van der Waals surface area (Å²) in [6.45, 7) is 31.0. The molecule has 11 nitrogen and oxygen atoms in total. The number of Topliss-reactive ketones (excluding diaryl/α,β-unsaturated/α-hetero) is 2. The van der Waals surface area contributed by atoms with Crippen molar-refractivity contribution in [2.45, 2.75) is 195 Å². The third-order valence-electron chi connectivity index (χ3n) is 14.2. The fraction of sp³-hybridized carbons (Fsp3) is 0.854. The van der Waals surface area contributed by atoms with Gasteiger partial charge in [0, 0.05) is 46.0 Å². The molecule has 4 aliphatic rings. The van der Waals surface area contributed by atoms with Gasteiger partial charge >= 0.3 is 6.09 Å². The standard InChI is InChI=1S/C48H83NO10Si/c1-30(2)60(31(3)4,32(5)6)57-20-19-38-37(18-17-35(50)21-33(7)22-36-27-49(47(12,13)58-36)45(52)59-46(9,10)11)41(51)26-48(14)40-23-34(8)24-42(55-28-53-15)39(40)25-43(44(38)48)56-29-54-16/h24,30-33,36,39-40,42-44H,17-23,25-29H2,1-16H3/t33-,36-,39+,40-,42+,43-,44+,48+/m1/s1. The highest BCUT2D eigenvalue weighted by atomic mass is 28.4. The molecule has 60 heavy (non-hydrogen) atoms. The number of ketones is 2. The number of fused-ring (bicyclic) bond motifs is 3. The Balaban J connectivity index is 1.63. The van der Waals surface area contributed by atoms with Crippen molar-refractivity contribution in [3.05, 3.63) is 22.8 Å². The SMILES string of the molecule is COCO[C@H]1C=C(C)C[C@@H]2[C@@H]1C[C@@H](OCOC)[C@@H]1C(CCO[Si](C(C)C)(C(C)C)C(C)C)=C(CCC(=O)C[C@@H](C)C[C@@H]3CN(C(=O)OC(C)(C)C)C(C)(C)O3)C(=O)C[C@@]21C. The largest absolute Gasteiger partial charge is 0.444 e. The van der Waals surface area contributed by atoms with Crippen molar-refractivity contribution in [2.75, 3.05) is 41.0 Å². The number of hydrogen-bond donors (Lipinski definition) is 0. The van der Waals surface area contributed by atoms with Crippen molar-refractivity contribution >= 4 is 26.0 Å². The van der Waals surface area contributed by atoms with Crippen LogP contribution in [-0.4, -0.2) is 101 Å². The van der Waals surface area contributed by atoms with Gasteiger partial charge in [-0.15, -0.1) is 0 Å². The second kappa shape index (κ2) is 20.7. The minimum absolute atomic E-state index is 0.0308. The van der Waals surface area contributed by atoms with Gasteiger partial charge in [-0.1, -0.05) is 72.6 Å². The molecule has 0 radical (unpaired) electrons. The molecular formula is C48H83NO10Si. The van der Waals surface area contributed by atoms with Crippen LogP contribution in [0, 0.1) is 29.1 Å². The molecule has 0 aromatic rings. The second-order valence-corrected chi connectivity index (χ2v) is 26.7. The van der Waals surface area contributed by atoms with Crippen molar-refractivity contribution in [1.82, 2.24) is 4.90 Å². The first-order chi connectivity index (χ1) is 27.9. The van der Waals surface area contributed by atoms with E-state index >= 15 is 0 Å². The van der Waals surface area contributed by atoms with Crippen LogP contribution in [0.25, 0.3) is 0 Å². The van der Waals surface area contributed by atoms with Gasteiger partial charge in [-0.2, -0.15) is 0 Å². The maximum absolute atomic E-state index is 14.8. The zero-order valence-electron chi connectivity index (χ0n) is 40.4. The lowest BCUT2D eigenvalue weighted by atomic mass is 9.47. The summed E-state index contributed by atoms with van der Waals surface area (Å²) in [5.74, 6) is 0.600. The number of rotatable bonds is 20. The van der Waals surface area contributed by atoms with Crippen molar-refractivity contribution in [3.63, 3.8) is 0 Å². The molecule has 1 heterocycles. The maximum Gasteiger partial charge on any atom is 0.412 e. The third kappa shape index (κ3) is 11.6. The summed E-state index contributed by atoms with van der Waals surface area (Å²) < 4.78 is 43.0. The van der Waals surface area contributed by atoms with E-state index in [2.05, 4.69) is 68.4 Å². The molecule has 12 heteroatoms. The first-order valence-electron chi connectivity index (χ1n) is 22.9. The summed E-state index contributed by atoms with van der Waals surface area (Å²) in [6.07, 6.45) is 5.65. The average molecular weight is 862 g/mol. The Kier molecular flexibility index (Phi) is 17.5. The van der Waals surface area contributed by atoms with Crippen molar-refractivity contribution in [3.8, 4) is 0 Å². The van der Waals surface area contributed by atoms with E-state index in [-0.39, 0.29) is 73.6 Å². The Bertz CT molecular complexity index is 1530. The predicted octanol–water partition coefficient (Wildman–Crippen LogP) is 10.6. The van der Waals surface area contributed by atoms with Crippen molar-refractivity contribution in [2.24, 2.45) is 29.1 Å². The van der Waals surface area contributed by atoms with E-state index in [0.29, 0.717) is 61.9 Å². The molecule has 0 N–H and O–H groups in total. The number of carbonyl (C=O) groups excluding carboxylic acids is 3. The Hall–Kier alpha value is -1.93. The number of carbonyl (C=O) groups is 3. The fourth-order valence-electron chi connectivity index (χ4n) is 12.0. The second-order valence-electron chi connectivity index (χ2n) is 21.2. The molecule has 1 aliphatic heterocycles. The van der Waals surface area contributed by atoms with Gasteiger partial charge in [0.25, 0.3) is 0 Å². The van der Waals surface area contributed by atoms with Crippen LogP contribution in [0.2, 0.25) is 16.6 Å². The predicted molar refractivity (Wildman–Crippen MR) is 238 cm³/mol. The molecular weight excluding hydrogens is 779 g/mol. The minimum Gasteiger partial charge on any atom is -0.444 e. The van der Waals surface area contributed by atoms with E-state index in [1.165, 1.54) is 5.57 Å². The Morgan fingerprint density at radius 3 is 2.15 bits per heavy atom. The number of amides is 1. The van der Waals surface area contributed by atoms with Crippen LogP contribution in [0.3, 0.4) is 0 Å². The van der Waals surface area contributed by atoms with Crippen molar-refractivity contribution in [1.29, 1.82) is 0 Å². The number of allylic oxidation sites excluding steroid dienone is 2. The van der Waals surface area contributed by atoms with Crippen LogP contribution >= 0.6 is 0 Å². The molecule has 3 aliphatic carbocycles. The lowest BCUT2D eigenvalue weighted by molar-refractivity contribution is -0.180. The quantitative estimate of drug-likeness (QED) is 0.0665. The zero-order valence-corrected chi connectivity index (χ0v) is 41.4. The highest BCUT2D eigenvalue weighted by Gasteiger charge is 2.59. The first kappa shape index (κ1) is 50.7. The lowest BCUT2D eigenvalue weighted by Crippen LogP contribution is -2.58. The van der Waals surface area contributed by atoms with E-state index in [9.17, 15) is 14.4 Å². The Labute approximate surface area is 364 Å². The van der Waals surface area contributed by atoms with Crippen LogP contribution in [0.5, 0.6) is 0 Å². The van der Waals surface area contributed by atoms with Gasteiger partial charge in [0.1, 0.15) is 30.7 Å². The molecule has 1 saturated carbocycles. The average Bonchev–Trinajstić information content (AvgIpc) is 3.42. The van der Waals surface area contributed by atoms with Gasteiger partial charge in [-0.05, 0) is 119 Å². The molecule has 0 spiro atoms. The monoisotopic (exact) mass is 862 g/mol. The van der Waals surface area contributed by atoms with Gasteiger partial charge in [-0.25, -0.2) is 4.79 Å². The van der Waals surface area contributed by atoms with E-state index in [1.54, 1.807) is 19.1 Å². The minimum atomic E-state index is -2.20. The fourth-order valence-corrected chi connectivity index (χ4v) is 17.5. The molecule has 0 bridgehead atoms. The third-order valence-corrected chi connectivity index (χ3v) is 20.3. The van der Waals surface area contributed by atoms with Gasteiger partial charge in [0.2, 0.25) is 0 Å². The first-order valence-corrected chi connectivity index (χ1v) is 25.0. The normalized spacial score (nSPS) is 28.9. The molecule has 1 amide bonds. The van der Waals surface area contributed by atoms with Crippen LogP contribution in [0.1, 0.15) is 148 Å².